The first-order chi connectivity index (χ1) is 16.9. The van der Waals surface area contributed by atoms with E-state index < -0.39 is 0 Å². The SMILES string of the molecule is CSc1cccc(NC(=S)N[C@H]2CCc3sc(NC(=O)C4CC4)c(C(=O)NCC4CC4)c3C2)c1C. The van der Waals surface area contributed by atoms with Gasteiger partial charge >= 0.3 is 0 Å². The zero-order valence-electron chi connectivity index (χ0n) is 20.2. The van der Waals surface area contributed by atoms with Crippen molar-refractivity contribution in [1.29, 1.82) is 0 Å². The van der Waals surface area contributed by atoms with Gasteiger partial charge in [-0.3, -0.25) is 9.59 Å². The van der Waals surface area contributed by atoms with Gasteiger partial charge in [-0.2, -0.15) is 0 Å². The number of aryl methyl sites for hydroxylation is 1. The van der Waals surface area contributed by atoms with E-state index >= 15 is 0 Å². The lowest BCUT2D eigenvalue weighted by molar-refractivity contribution is -0.117. The number of hydrogen-bond donors (Lipinski definition) is 4. The van der Waals surface area contributed by atoms with Gasteiger partial charge in [-0.15, -0.1) is 23.1 Å². The van der Waals surface area contributed by atoms with Gasteiger partial charge in [-0.25, -0.2) is 0 Å². The van der Waals surface area contributed by atoms with E-state index in [0.717, 1.165) is 36.9 Å². The van der Waals surface area contributed by atoms with Gasteiger partial charge in [0.2, 0.25) is 5.91 Å². The van der Waals surface area contributed by atoms with Crippen molar-refractivity contribution in [3.05, 3.63) is 39.8 Å². The smallest absolute Gasteiger partial charge is 0.254 e. The maximum absolute atomic E-state index is 13.2. The summed E-state index contributed by atoms with van der Waals surface area (Å²) in [5.41, 5.74) is 3.90. The molecule has 2 amide bonds. The number of amides is 2. The lowest BCUT2D eigenvalue weighted by atomic mass is 9.91. The summed E-state index contributed by atoms with van der Waals surface area (Å²) in [4.78, 5) is 28.2. The van der Waals surface area contributed by atoms with Crippen LogP contribution in [0.5, 0.6) is 0 Å². The van der Waals surface area contributed by atoms with E-state index in [2.05, 4.69) is 40.5 Å². The molecule has 0 spiro atoms. The summed E-state index contributed by atoms with van der Waals surface area (Å²) in [6.45, 7) is 2.81. The molecule has 1 aromatic carbocycles. The third-order valence-corrected chi connectivity index (χ3v) is 9.32. The topological polar surface area (TPSA) is 82.3 Å². The number of anilines is 2. The molecule has 1 atom stereocenters. The molecule has 1 heterocycles. The molecule has 6 nitrogen and oxygen atoms in total. The fourth-order valence-corrected chi connectivity index (χ4v) is 6.71. The molecule has 4 N–H and O–H groups in total. The Kier molecular flexibility index (Phi) is 7.37. The highest BCUT2D eigenvalue weighted by molar-refractivity contribution is 7.98. The van der Waals surface area contributed by atoms with E-state index in [1.54, 1.807) is 23.1 Å². The number of benzene rings is 1. The van der Waals surface area contributed by atoms with Crippen molar-refractivity contribution >= 4 is 62.9 Å². The summed E-state index contributed by atoms with van der Waals surface area (Å²) in [6, 6.07) is 6.31. The molecule has 0 aliphatic heterocycles. The number of thiocarbonyl (C=S) groups is 1. The summed E-state index contributed by atoms with van der Waals surface area (Å²) in [7, 11) is 0. The van der Waals surface area contributed by atoms with E-state index in [4.69, 9.17) is 12.2 Å². The van der Waals surface area contributed by atoms with E-state index in [9.17, 15) is 9.59 Å². The zero-order valence-corrected chi connectivity index (χ0v) is 22.6. The predicted molar refractivity (Wildman–Crippen MR) is 149 cm³/mol. The Morgan fingerprint density at radius 1 is 1.14 bits per heavy atom. The summed E-state index contributed by atoms with van der Waals surface area (Å²) < 4.78 is 0. The molecule has 5 rings (SSSR count). The minimum Gasteiger partial charge on any atom is -0.359 e. The number of hydrogen-bond acceptors (Lipinski definition) is 5. The molecule has 9 heteroatoms. The van der Waals surface area contributed by atoms with Gasteiger partial charge in [0, 0.05) is 34.0 Å². The van der Waals surface area contributed by atoms with Crippen LogP contribution < -0.4 is 21.3 Å². The third kappa shape index (κ3) is 5.84. The molecule has 3 aliphatic carbocycles. The van der Waals surface area contributed by atoms with Crippen molar-refractivity contribution < 1.29 is 9.59 Å². The van der Waals surface area contributed by atoms with Gasteiger partial charge in [0.15, 0.2) is 5.11 Å². The number of fused-ring (bicyclic) bond motifs is 1. The van der Waals surface area contributed by atoms with Gasteiger partial charge in [-0.1, -0.05) is 6.07 Å². The number of thiophene rings is 1. The highest BCUT2D eigenvalue weighted by Crippen LogP contribution is 2.40. The maximum Gasteiger partial charge on any atom is 0.254 e. The van der Waals surface area contributed by atoms with E-state index in [1.807, 2.05) is 12.1 Å². The Balaban J connectivity index is 1.30. The van der Waals surface area contributed by atoms with Crippen LogP contribution in [-0.2, 0) is 17.6 Å². The molecule has 0 saturated heterocycles. The molecule has 1 aromatic heterocycles. The molecule has 0 radical (unpaired) electrons. The summed E-state index contributed by atoms with van der Waals surface area (Å²) >= 11 is 8.94. The van der Waals surface area contributed by atoms with Crippen LogP contribution in [0.2, 0.25) is 0 Å². The van der Waals surface area contributed by atoms with E-state index in [0.29, 0.717) is 34.6 Å². The van der Waals surface area contributed by atoms with Crippen LogP contribution in [0, 0.1) is 18.8 Å². The van der Waals surface area contributed by atoms with Crippen molar-refractivity contribution in [2.75, 3.05) is 23.4 Å². The van der Waals surface area contributed by atoms with Crippen molar-refractivity contribution in [1.82, 2.24) is 10.6 Å². The van der Waals surface area contributed by atoms with Crippen LogP contribution in [0.1, 0.15) is 58.5 Å². The molecular weight excluding hydrogens is 497 g/mol. The summed E-state index contributed by atoms with van der Waals surface area (Å²) in [5.74, 6) is 0.681. The molecule has 2 fully saturated rings. The number of thioether (sulfide) groups is 1. The molecule has 0 unspecified atom stereocenters. The Bertz CT molecular complexity index is 1150. The van der Waals surface area contributed by atoms with Gasteiger partial charge in [0.25, 0.3) is 5.91 Å². The van der Waals surface area contributed by atoms with Crippen molar-refractivity contribution in [3.63, 3.8) is 0 Å². The first kappa shape index (κ1) is 24.6. The minimum atomic E-state index is -0.0636. The average Bonchev–Trinajstić information content (AvgIpc) is 3.75. The lowest BCUT2D eigenvalue weighted by Crippen LogP contribution is -2.41. The standard InChI is InChI=1S/C26H32N4O2S3/c1-14-19(4-3-5-20(14)34-2)29-26(33)28-17-10-11-21-18(12-17)22(24(32)27-13-15-6-7-15)25(35-21)30-23(31)16-8-9-16/h3-5,15-17H,6-13H2,1-2H3,(H,27,32)(H,30,31)(H2,28,29,33)/t17-/m0/s1. The number of rotatable bonds is 8. The minimum absolute atomic E-state index is 0.0442. The van der Waals surface area contributed by atoms with Gasteiger partial charge in [0.05, 0.1) is 5.56 Å². The molecule has 3 aliphatic rings. The second-order valence-electron chi connectivity index (χ2n) is 9.80. The molecular formula is C26H32N4O2S3. The Labute approximate surface area is 220 Å². The van der Waals surface area contributed by atoms with Crippen LogP contribution >= 0.6 is 35.3 Å². The Hall–Kier alpha value is -2.10. The van der Waals surface area contributed by atoms with Gasteiger partial charge in [-0.05, 0) is 99.5 Å². The molecule has 35 heavy (non-hydrogen) atoms. The number of nitrogens with one attached hydrogen (secondary N) is 4. The molecule has 2 saturated carbocycles. The van der Waals surface area contributed by atoms with Crippen LogP contribution in [0.3, 0.4) is 0 Å². The van der Waals surface area contributed by atoms with Crippen molar-refractivity contribution in [2.24, 2.45) is 11.8 Å². The Morgan fingerprint density at radius 3 is 2.66 bits per heavy atom. The molecule has 2 aromatic rings. The fraction of sp³-hybridized carbons (Fsp3) is 0.500. The summed E-state index contributed by atoms with van der Waals surface area (Å²) in [6.07, 6.45) is 8.82. The van der Waals surface area contributed by atoms with Crippen LogP contribution in [0.4, 0.5) is 10.7 Å². The first-order valence-corrected chi connectivity index (χ1v) is 14.8. The van der Waals surface area contributed by atoms with Crippen molar-refractivity contribution in [3.8, 4) is 0 Å². The maximum atomic E-state index is 13.2. The quantitative estimate of drug-likeness (QED) is 0.282. The monoisotopic (exact) mass is 528 g/mol. The first-order valence-electron chi connectivity index (χ1n) is 12.4. The average molecular weight is 529 g/mol. The highest BCUT2D eigenvalue weighted by Gasteiger charge is 2.34. The normalized spacial score (nSPS) is 19.0. The summed E-state index contributed by atoms with van der Waals surface area (Å²) in [5, 5.41) is 14.3. The largest absolute Gasteiger partial charge is 0.359 e. The molecule has 186 valence electrons. The van der Waals surface area contributed by atoms with Crippen LogP contribution in [0.15, 0.2) is 23.1 Å². The highest BCUT2D eigenvalue weighted by atomic mass is 32.2. The Morgan fingerprint density at radius 2 is 1.94 bits per heavy atom. The number of carbonyl (C=O) groups excluding carboxylic acids is 2. The lowest BCUT2D eigenvalue weighted by Gasteiger charge is -2.26. The fourth-order valence-electron chi connectivity index (χ4n) is 4.56. The predicted octanol–water partition coefficient (Wildman–Crippen LogP) is 5.11. The van der Waals surface area contributed by atoms with Crippen LogP contribution in [-0.4, -0.2) is 35.8 Å². The number of carbonyl (C=O) groups is 2. The molecule has 0 bridgehead atoms. The van der Waals surface area contributed by atoms with Crippen LogP contribution in [0.25, 0.3) is 0 Å². The van der Waals surface area contributed by atoms with E-state index in [1.165, 1.54) is 28.2 Å². The van der Waals surface area contributed by atoms with Gasteiger partial charge in [0.1, 0.15) is 5.00 Å². The van der Waals surface area contributed by atoms with Gasteiger partial charge < -0.3 is 21.3 Å². The third-order valence-electron chi connectivity index (χ3n) is 7.01. The van der Waals surface area contributed by atoms with Crippen molar-refractivity contribution in [2.45, 2.75) is 62.8 Å². The second kappa shape index (κ2) is 10.5. The zero-order chi connectivity index (χ0) is 24.5. The second-order valence-corrected chi connectivity index (χ2v) is 12.2. The van der Waals surface area contributed by atoms with E-state index in [-0.39, 0.29) is 23.8 Å².